The predicted molar refractivity (Wildman–Crippen MR) is 541 cm³/mol. The first-order chi connectivity index (χ1) is 58.5. The van der Waals surface area contributed by atoms with Crippen LogP contribution >= 0.6 is 155 Å². The van der Waals surface area contributed by atoms with Gasteiger partial charge in [-0.3, -0.25) is 0 Å². The number of unbranched alkanes of at least 4 members (excludes halogenated alkanes) is 3. The van der Waals surface area contributed by atoms with Crippen molar-refractivity contribution in [2.75, 3.05) is 0 Å². The van der Waals surface area contributed by atoms with Gasteiger partial charge in [-0.05, 0) is 47.7 Å². The van der Waals surface area contributed by atoms with Gasteiger partial charge < -0.3 is 0 Å². The fourth-order valence-corrected chi connectivity index (χ4v) is 48.1. The van der Waals surface area contributed by atoms with Crippen molar-refractivity contribution in [3.05, 3.63) is 246 Å². The molecule has 0 spiro atoms. The van der Waals surface area contributed by atoms with Gasteiger partial charge in [0.2, 0.25) is 0 Å². The molecule has 3 aliphatic heterocycles. The van der Waals surface area contributed by atoms with E-state index in [0.29, 0.717) is 0 Å². The summed E-state index contributed by atoms with van der Waals surface area (Å²) in [5.41, 5.74) is 20.3. The van der Waals surface area contributed by atoms with Crippen LogP contribution in [0.5, 0.6) is 0 Å². The van der Waals surface area contributed by atoms with E-state index in [4.69, 9.17) is 19.1 Å². The first-order valence-electron chi connectivity index (χ1n) is 36.7. The monoisotopic (exact) mass is 2480 g/mol. The number of nitrogens with zero attached hydrogens (tertiary/aromatic N) is 17. The third kappa shape index (κ3) is 23.6. The first kappa shape index (κ1) is 95.9. The number of rotatable bonds is 20. The van der Waals surface area contributed by atoms with Crippen LogP contribution in [-0.2, 0) is 50.0 Å². The maximum absolute atomic E-state index is 4.81. The molecule has 38 heteroatoms. The Morgan fingerprint density at radius 2 is 0.612 bits per heavy atom. The Morgan fingerprint density at radius 1 is 0.347 bits per heavy atom. The van der Waals surface area contributed by atoms with Gasteiger partial charge in [-0.15, -0.1) is 0 Å². The fourth-order valence-electron chi connectivity index (χ4n) is 13.2. The molecule has 121 heavy (non-hydrogen) atoms. The zero-order valence-corrected chi connectivity index (χ0v) is 88.6. The molecule has 17 aromatic rings. The second-order valence-corrected chi connectivity index (χ2v) is 60.5. The van der Waals surface area contributed by atoms with Gasteiger partial charge in [0, 0.05) is 0 Å². The van der Waals surface area contributed by atoms with Crippen molar-refractivity contribution in [3.8, 4) is 41.8 Å². The van der Waals surface area contributed by atoms with E-state index in [9.17, 15) is 0 Å². The molecule has 0 saturated heterocycles. The summed E-state index contributed by atoms with van der Waals surface area (Å²) in [6.07, 6.45) is 18.0. The van der Waals surface area contributed by atoms with Crippen LogP contribution in [0.1, 0.15) is 74.1 Å². The molecule has 0 saturated carbocycles. The molecule has 0 bridgehead atoms. The molecule has 9 aromatic carbocycles. The second kappa shape index (κ2) is 48.8. The van der Waals surface area contributed by atoms with Crippen LogP contribution in [0.15, 0.2) is 272 Å². The van der Waals surface area contributed by atoms with E-state index < -0.39 is 34.2 Å². The molecule has 0 aliphatic carbocycles. The van der Waals surface area contributed by atoms with Crippen LogP contribution in [0.4, 0.5) is 34.1 Å². The molecule has 0 amide bonds. The van der Waals surface area contributed by atoms with E-state index in [2.05, 4.69) is 353 Å². The van der Waals surface area contributed by atoms with Gasteiger partial charge >= 0.3 is 576 Å². The van der Waals surface area contributed by atoms with Crippen molar-refractivity contribution in [2.24, 2.45) is 26.2 Å². The summed E-state index contributed by atoms with van der Waals surface area (Å²) in [7, 11) is 8.74. The summed E-state index contributed by atoms with van der Waals surface area (Å²) in [5.74, 6) is 0. The van der Waals surface area contributed by atoms with Crippen LogP contribution in [0.3, 0.4) is 0 Å². The van der Waals surface area contributed by atoms with Crippen molar-refractivity contribution in [3.63, 3.8) is 0 Å². The van der Waals surface area contributed by atoms with Crippen LogP contribution in [0.2, 0.25) is 13.3 Å². The molecule has 17 nitrogen and oxygen atoms in total. The van der Waals surface area contributed by atoms with E-state index in [0.717, 1.165) is 126 Å². The number of thiazole rings is 5. The quantitative estimate of drug-likeness (QED) is 0.0516. The molecule has 0 unspecified atom stereocenters. The van der Waals surface area contributed by atoms with E-state index in [1.54, 1.807) is 61.6 Å². The van der Waals surface area contributed by atoms with Gasteiger partial charge in [0.15, 0.2) is 0 Å². The zero-order chi connectivity index (χ0) is 82.3. The molecule has 3 aliphatic rings. The average Bonchev–Trinajstić information content (AvgIpc) is 1.60. The van der Waals surface area contributed by atoms with E-state index in [1.807, 2.05) is 47.1 Å². The number of aromatic nitrogens is 11. The van der Waals surface area contributed by atoms with Gasteiger partial charge in [-0.2, -0.15) is 0 Å². The van der Waals surface area contributed by atoms with Crippen molar-refractivity contribution in [1.82, 2.24) is 48.8 Å². The summed E-state index contributed by atoms with van der Waals surface area (Å²) in [4.78, 5) is 25.5. The SMILES string of the molecule is Brc1c2c(c(Br)c3n[se]nc13)N=S=N2.Brc1ncc(-c2c3c(c(-c4cnc(Br)s4)c4n[se]nc24)N=S=N3)s1.C.C.CCC[CH2][Sn]([CH2]CCC)([CH2]CCC)[c]1cncs1.[Cl][Pd][Cl].c1ccc(P(c2ccccc2)c2ccccc2)cc1.c1ccc(P(c2ccccc2)c2ccccc2)cc1.c1ncc(-c2c3c(c(-c4cncs4)c4n[se]nc24)N=S=N3)s1. The summed E-state index contributed by atoms with van der Waals surface area (Å²) in [6, 6.07) is 64.7. The Labute approximate surface area is 809 Å². The Morgan fingerprint density at radius 3 is 0.860 bits per heavy atom. The van der Waals surface area contributed by atoms with Crippen molar-refractivity contribution in [1.29, 1.82) is 0 Å². The predicted octanol–water partition coefficient (Wildman–Crippen LogP) is 26.5. The van der Waals surface area contributed by atoms with Crippen molar-refractivity contribution < 1.29 is 15.9 Å². The van der Waals surface area contributed by atoms with Gasteiger partial charge in [-0.25, -0.2) is 0 Å². The van der Waals surface area contributed by atoms with Crippen molar-refractivity contribution in [2.45, 2.75) is 87.5 Å². The van der Waals surface area contributed by atoms with Crippen LogP contribution < -0.4 is 34.7 Å². The maximum atomic E-state index is 4.81. The minimum atomic E-state index is -2.08. The number of fused-ring (bicyclic) bond motifs is 6. The molecule has 8 aromatic heterocycles. The molecule has 11 heterocycles. The number of hydrogen-bond acceptors (Lipinski definition) is 22. The molecule has 0 atom stereocenters. The first-order valence-corrected chi connectivity index (χ1v) is 65.1. The Bertz CT molecular complexity index is 5870. The normalized spacial score (nSPS) is 11.7. The minimum absolute atomic E-state index is 0. The van der Waals surface area contributed by atoms with Gasteiger partial charge in [-0.1, -0.05) is 197 Å². The third-order valence-corrected chi connectivity index (χ3v) is 53.5. The standard InChI is InChI=1S/2C18H15P.C12H2Br2N6S3Se.C12H4N6S3Se.C6Br2N4SSe.3C4H9.C3H2NS.2CH4.2ClH.Pd.Sn/c2*1-4-10-16(11-5-1)19(17-12-6-2-7-13-17)18-14-8-3-9-15-18;13-11-15-1-3(21-11)5-7-8(18-23-17-7)6(4-2-16-12(14)22-4)10-9(5)19-24-20-10;1-5(19-3-13-1)7-9-10(16-21-15-9)8(6-2-14-4-20-6)12-11(7)17-22-18-12;7-1-3-4(10-13-9-3)2(8)6-5(1)11-14-12-6;3*1-3-4-2;1-2-5-3-4-1;;;;;;/h2*1-15H;1-2H;1-4H;;3*1,3-4H2,2H3;1,3H;2*1H4;2*1H;;/q;;;;;;;;;;;;;+2;/p-2. The summed E-state index contributed by atoms with van der Waals surface area (Å²) < 4.78 is 63.8. The van der Waals surface area contributed by atoms with E-state index >= 15 is 0 Å². The van der Waals surface area contributed by atoms with Crippen LogP contribution in [0, 0.1) is 0 Å². The topological polar surface area (TPSA) is 216 Å². The summed E-state index contributed by atoms with van der Waals surface area (Å²) >= 11 is 23.2. The molecule has 20 rings (SSSR count). The number of hydrogen-bond donors (Lipinski definition) is 0. The Hall–Kier alpha value is -4.23. The van der Waals surface area contributed by atoms with Gasteiger partial charge in [0.05, 0.1) is 0 Å². The average molecular weight is 2480 g/mol. The summed E-state index contributed by atoms with van der Waals surface area (Å²) in [5, 5.41) is 8.39. The Kier molecular flexibility index (Phi) is 38.7. The van der Waals surface area contributed by atoms with Crippen molar-refractivity contribution >= 4 is 355 Å². The number of benzene rings is 9. The number of halogens is 6. The fraction of sp³-hybridized carbons (Fsp3) is 0.169. The van der Waals surface area contributed by atoms with E-state index in [-0.39, 0.29) is 75.7 Å². The molecular formula is C83H73Br4Cl2N17P2PdS8Se3Sn. The zero-order valence-electron chi connectivity index (χ0n) is 62.9. The molecule has 0 radical (unpaired) electrons. The summed E-state index contributed by atoms with van der Waals surface area (Å²) in [6.45, 7) is 7.01. The third-order valence-electron chi connectivity index (χ3n) is 18.5. The van der Waals surface area contributed by atoms with Gasteiger partial charge in [0.1, 0.15) is 0 Å². The Balaban J connectivity index is 0.000000132. The second-order valence-electron chi connectivity index (χ2n) is 25.8. The molecule has 622 valence electrons. The van der Waals surface area contributed by atoms with Gasteiger partial charge in [0.25, 0.3) is 0 Å². The van der Waals surface area contributed by atoms with Crippen LogP contribution in [-0.4, -0.2) is 112 Å². The van der Waals surface area contributed by atoms with E-state index in [1.165, 1.54) is 104 Å². The molecular weight excluding hydrogens is 2410 g/mol. The van der Waals surface area contributed by atoms with Crippen LogP contribution in [0.25, 0.3) is 74.9 Å². The molecule has 0 N–H and O–H groups in total. The molecule has 0 fully saturated rings.